The van der Waals surface area contributed by atoms with Crippen LogP contribution in [0, 0.1) is 0 Å². The third kappa shape index (κ3) is 4.30. The molecule has 3 aromatic carbocycles. The van der Waals surface area contributed by atoms with E-state index in [9.17, 15) is 4.79 Å². The van der Waals surface area contributed by atoms with Crippen molar-refractivity contribution in [2.75, 3.05) is 23.8 Å². The van der Waals surface area contributed by atoms with E-state index in [0.29, 0.717) is 41.8 Å². The lowest BCUT2D eigenvalue weighted by Crippen LogP contribution is -2.20. The quantitative estimate of drug-likeness (QED) is 0.693. The molecule has 0 saturated carbocycles. The molecule has 1 aliphatic heterocycles. The smallest absolute Gasteiger partial charge is 0.323 e. The van der Waals surface area contributed by atoms with Crippen LogP contribution in [0.5, 0.6) is 23.0 Å². The Morgan fingerprint density at radius 3 is 2.15 bits per heavy atom. The van der Waals surface area contributed by atoms with Crippen LogP contribution in [0.25, 0.3) is 0 Å². The molecule has 4 rings (SSSR count). The number of nitrogens with one attached hydrogen (secondary N) is 2. The fourth-order valence-electron chi connectivity index (χ4n) is 2.65. The first-order valence-corrected chi connectivity index (χ1v) is 8.57. The Morgan fingerprint density at radius 1 is 0.741 bits per heavy atom. The van der Waals surface area contributed by atoms with Gasteiger partial charge in [-0.15, -0.1) is 0 Å². The highest BCUT2D eigenvalue weighted by Gasteiger charge is 2.12. The zero-order valence-corrected chi connectivity index (χ0v) is 14.5. The van der Waals surface area contributed by atoms with Gasteiger partial charge in [0.05, 0.1) is 0 Å². The number of rotatable bonds is 4. The molecule has 0 atom stereocenters. The number of hydrogen-bond donors (Lipinski definition) is 2. The van der Waals surface area contributed by atoms with Gasteiger partial charge in [-0.25, -0.2) is 4.79 Å². The normalized spacial score (nSPS) is 12.1. The Bertz CT molecular complexity index is 927. The maximum absolute atomic E-state index is 12.2. The topological polar surface area (TPSA) is 68.8 Å². The van der Waals surface area contributed by atoms with E-state index in [2.05, 4.69) is 10.6 Å². The monoisotopic (exact) mass is 362 g/mol. The van der Waals surface area contributed by atoms with E-state index in [4.69, 9.17) is 14.2 Å². The van der Waals surface area contributed by atoms with Gasteiger partial charge in [-0.1, -0.05) is 18.2 Å². The second-order valence-electron chi connectivity index (χ2n) is 5.88. The van der Waals surface area contributed by atoms with Crippen LogP contribution in [-0.4, -0.2) is 19.2 Å². The highest BCUT2D eigenvalue weighted by Crippen LogP contribution is 2.32. The van der Waals surface area contributed by atoms with E-state index < -0.39 is 0 Å². The minimum absolute atomic E-state index is 0.344. The van der Waals surface area contributed by atoms with Crippen LogP contribution < -0.4 is 24.8 Å². The number of carbonyl (C=O) groups is 1. The van der Waals surface area contributed by atoms with Crippen LogP contribution in [-0.2, 0) is 0 Å². The second kappa shape index (κ2) is 7.70. The van der Waals surface area contributed by atoms with Crippen LogP contribution in [0.1, 0.15) is 0 Å². The number of hydrogen-bond acceptors (Lipinski definition) is 4. The number of fused-ring (bicyclic) bond motifs is 1. The first-order chi connectivity index (χ1) is 13.3. The first kappa shape index (κ1) is 16.8. The van der Waals surface area contributed by atoms with Gasteiger partial charge in [0, 0.05) is 17.4 Å². The summed E-state index contributed by atoms with van der Waals surface area (Å²) in [5.41, 5.74) is 1.28. The molecule has 0 bridgehead atoms. The van der Waals surface area contributed by atoms with Crippen molar-refractivity contribution in [1.29, 1.82) is 0 Å². The Kier molecular flexibility index (Phi) is 4.78. The molecule has 0 aromatic heterocycles. The number of para-hydroxylation sites is 1. The van der Waals surface area contributed by atoms with Crippen molar-refractivity contribution >= 4 is 17.4 Å². The second-order valence-corrected chi connectivity index (χ2v) is 5.88. The summed E-state index contributed by atoms with van der Waals surface area (Å²) >= 11 is 0. The Hall–Kier alpha value is -3.67. The van der Waals surface area contributed by atoms with Gasteiger partial charge in [-0.2, -0.15) is 0 Å². The zero-order chi connectivity index (χ0) is 18.5. The number of urea groups is 1. The summed E-state index contributed by atoms with van der Waals surface area (Å²) < 4.78 is 16.7. The Labute approximate surface area is 156 Å². The van der Waals surface area contributed by atoms with Gasteiger partial charge in [0.15, 0.2) is 11.5 Å². The summed E-state index contributed by atoms with van der Waals surface area (Å²) in [5, 5.41) is 5.56. The first-order valence-electron chi connectivity index (χ1n) is 8.57. The van der Waals surface area contributed by atoms with Gasteiger partial charge < -0.3 is 24.8 Å². The highest BCUT2D eigenvalue weighted by atomic mass is 16.6. The molecular formula is C21H18N2O4. The fourth-order valence-corrected chi connectivity index (χ4v) is 2.65. The maximum atomic E-state index is 12.2. The van der Waals surface area contributed by atoms with Crippen molar-refractivity contribution < 1.29 is 19.0 Å². The summed E-state index contributed by atoms with van der Waals surface area (Å²) in [6, 6.07) is 21.6. The fraction of sp³-hybridized carbons (Fsp3) is 0.0952. The minimum atomic E-state index is -0.344. The van der Waals surface area contributed by atoms with Gasteiger partial charge in [-0.05, 0) is 48.5 Å². The lowest BCUT2D eigenvalue weighted by molar-refractivity contribution is 0.171. The van der Waals surface area contributed by atoms with Gasteiger partial charge in [-0.3, -0.25) is 0 Å². The summed E-state index contributed by atoms with van der Waals surface area (Å²) in [5.74, 6) is 2.76. The summed E-state index contributed by atoms with van der Waals surface area (Å²) in [4.78, 5) is 12.2. The average Bonchev–Trinajstić information content (AvgIpc) is 2.70. The molecule has 1 heterocycles. The molecule has 0 unspecified atom stereocenters. The molecular weight excluding hydrogens is 344 g/mol. The molecule has 1 aliphatic rings. The molecule has 27 heavy (non-hydrogen) atoms. The van der Waals surface area contributed by atoms with Crippen LogP contribution >= 0.6 is 0 Å². The number of amides is 2. The lowest BCUT2D eigenvalue weighted by Gasteiger charge is -2.19. The Balaban J connectivity index is 1.35. The molecule has 3 aromatic rings. The highest BCUT2D eigenvalue weighted by molar-refractivity contribution is 5.99. The molecule has 6 nitrogen and oxygen atoms in total. The van der Waals surface area contributed by atoms with Crippen LogP contribution in [0.15, 0.2) is 72.8 Å². The van der Waals surface area contributed by atoms with Crippen molar-refractivity contribution in [3.05, 3.63) is 72.8 Å². The molecule has 6 heteroatoms. The molecule has 0 fully saturated rings. The number of carbonyl (C=O) groups excluding carboxylic acids is 1. The summed E-state index contributed by atoms with van der Waals surface area (Å²) in [7, 11) is 0. The summed E-state index contributed by atoms with van der Waals surface area (Å²) in [6.07, 6.45) is 0. The van der Waals surface area contributed by atoms with Gasteiger partial charge >= 0.3 is 6.03 Å². The zero-order valence-electron chi connectivity index (χ0n) is 14.5. The van der Waals surface area contributed by atoms with Crippen LogP contribution in [0.4, 0.5) is 16.2 Å². The number of benzene rings is 3. The lowest BCUT2D eigenvalue weighted by atomic mass is 10.2. The molecule has 0 spiro atoms. The van der Waals surface area contributed by atoms with E-state index in [1.165, 1.54) is 0 Å². The molecule has 136 valence electrons. The molecule has 0 saturated heterocycles. The van der Waals surface area contributed by atoms with E-state index >= 15 is 0 Å². The van der Waals surface area contributed by atoms with Crippen molar-refractivity contribution in [1.82, 2.24) is 0 Å². The summed E-state index contributed by atoms with van der Waals surface area (Å²) in [6.45, 7) is 1.03. The largest absolute Gasteiger partial charge is 0.486 e. The molecule has 0 aliphatic carbocycles. The van der Waals surface area contributed by atoms with Gasteiger partial charge in [0.25, 0.3) is 0 Å². The van der Waals surface area contributed by atoms with Gasteiger partial charge in [0.1, 0.15) is 24.7 Å². The third-order valence-electron chi connectivity index (χ3n) is 3.89. The van der Waals surface area contributed by atoms with E-state index in [1.807, 2.05) is 30.3 Å². The average molecular weight is 362 g/mol. The van der Waals surface area contributed by atoms with Crippen molar-refractivity contribution in [3.8, 4) is 23.0 Å². The predicted octanol–water partition coefficient (Wildman–Crippen LogP) is 4.89. The molecule has 0 radical (unpaired) electrons. The third-order valence-corrected chi connectivity index (χ3v) is 3.89. The van der Waals surface area contributed by atoms with Crippen LogP contribution in [0.3, 0.4) is 0 Å². The predicted molar refractivity (Wildman–Crippen MR) is 103 cm³/mol. The van der Waals surface area contributed by atoms with Crippen LogP contribution in [0.2, 0.25) is 0 Å². The van der Waals surface area contributed by atoms with Crippen molar-refractivity contribution in [3.63, 3.8) is 0 Å². The van der Waals surface area contributed by atoms with Crippen molar-refractivity contribution in [2.45, 2.75) is 0 Å². The van der Waals surface area contributed by atoms with E-state index in [-0.39, 0.29) is 6.03 Å². The number of anilines is 2. The standard InChI is InChI=1S/C21H18N2O4/c24-21(23-16-8-11-19-20(14-16)26-13-12-25-19)22-15-6-9-18(10-7-15)27-17-4-2-1-3-5-17/h1-11,14H,12-13H2,(H2,22,23,24). The molecule has 2 amide bonds. The number of ether oxygens (including phenoxy) is 3. The minimum Gasteiger partial charge on any atom is -0.486 e. The van der Waals surface area contributed by atoms with Crippen molar-refractivity contribution in [2.24, 2.45) is 0 Å². The Morgan fingerprint density at radius 2 is 1.37 bits per heavy atom. The van der Waals surface area contributed by atoms with E-state index in [0.717, 1.165) is 5.75 Å². The van der Waals surface area contributed by atoms with E-state index in [1.54, 1.807) is 42.5 Å². The maximum Gasteiger partial charge on any atom is 0.323 e. The SMILES string of the molecule is O=C(Nc1ccc(Oc2ccccc2)cc1)Nc1ccc2c(c1)OCCO2. The molecule has 2 N–H and O–H groups in total. The van der Waals surface area contributed by atoms with Gasteiger partial charge in [0.2, 0.25) is 0 Å².